The van der Waals surface area contributed by atoms with E-state index in [4.69, 9.17) is 4.74 Å². The van der Waals surface area contributed by atoms with Crippen LogP contribution in [0.3, 0.4) is 0 Å². The summed E-state index contributed by atoms with van der Waals surface area (Å²) in [7, 11) is 1.47. The summed E-state index contributed by atoms with van der Waals surface area (Å²) in [6, 6.07) is 0.846. The molecule has 1 aromatic heterocycles. The molecule has 1 aliphatic carbocycles. The molecule has 0 unspecified atom stereocenters. The van der Waals surface area contributed by atoms with Crippen molar-refractivity contribution in [1.82, 2.24) is 9.97 Å². The minimum absolute atomic E-state index is 0.0198. The van der Waals surface area contributed by atoms with Crippen molar-refractivity contribution in [1.29, 1.82) is 0 Å². The minimum atomic E-state index is -4.50. The van der Waals surface area contributed by atoms with Gasteiger partial charge in [0, 0.05) is 13.1 Å². The summed E-state index contributed by atoms with van der Waals surface area (Å²) in [5, 5.41) is 2.50. The van der Waals surface area contributed by atoms with Crippen LogP contribution in [0, 0.1) is 0 Å². The highest BCUT2D eigenvalue weighted by molar-refractivity contribution is 5.31. The number of anilines is 1. The average Bonchev–Trinajstić information content (AvgIpc) is 2.80. The van der Waals surface area contributed by atoms with Crippen molar-refractivity contribution in [2.75, 3.05) is 12.4 Å². The van der Waals surface area contributed by atoms with Gasteiger partial charge in [-0.2, -0.15) is 18.2 Å². The monoisotopic (exact) mass is 261 g/mol. The van der Waals surface area contributed by atoms with Crippen LogP contribution in [0.4, 0.5) is 19.1 Å². The van der Waals surface area contributed by atoms with Crippen LogP contribution in [0.25, 0.3) is 0 Å². The lowest BCUT2D eigenvalue weighted by Crippen LogP contribution is -2.15. The molecule has 1 saturated carbocycles. The molecule has 0 amide bonds. The molecule has 7 heteroatoms. The van der Waals surface area contributed by atoms with E-state index in [1.165, 1.54) is 7.05 Å². The molecule has 100 valence electrons. The maximum Gasteiger partial charge on any atom is 0.433 e. The highest BCUT2D eigenvalue weighted by Crippen LogP contribution is 2.31. The van der Waals surface area contributed by atoms with Gasteiger partial charge >= 0.3 is 6.18 Å². The van der Waals surface area contributed by atoms with Gasteiger partial charge < -0.3 is 10.1 Å². The van der Waals surface area contributed by atoms with Crippen molar-refractivity contribution < 1.29 is 17.9 Å². The summed E-state index contributed by atoms with van der Waals surface area (Å²) in [5.74, 6) is -0.105. The second-order valence-corrected chi connectivity index (χ2v) is 4.19. The molecule has 1 heterocycles. The standard InChI is InChI=1S/C11H14F3N3O/c1-15-10-16-8(11(12,13)14)6-9(17-10)18-7-4-2-3-5-7/h6-7H,2-5H2,1H3,(H,15,16,17). The third kappa shape index (κ3) is 3.02. The summed E-state index contributed by atoms with van der Waals surface area (Å²) >= 11 is 0. The molecule has 0 spiro atoms. The first kappa shape index (κ1) is 12.9. The number of halogens is 3. The number of nitrogens with one attached hydrogen (secondary N) is 1. The Balaban J connectivity index is 2.23. The summed E-state index contributed by atoms with van der Waals surface area (Å²) in [4.78, 5) is 7.25. The number of aromatic nitrogens is 2. The molecular formula is C11H14F3N3O. The number of nitrogens with zero attached hydrogens (tertiary/aromatic N) is 2. The molecule has 1 N–H and O–H groups in total. The first-order valence-electron chi connectivity index (χ1n) is 5.80. The van der Waals surface area contributed by atoms with Crippen LogP contribution < -0.4 is 10.1 Å². The first-order chi connectivity index (χ1) is 8.49. The van der Waals surface area contributed by atoms with Gasteiger partial charge in [-0.05, 0) is 25.7 Å². The van der Waals surface area contributed by atoms with E-state index in [-0.39, 0.29) is 17.9 Å². The Morgan fingerprint density at radius 3 is 2.50 bits per heavy atom. The van der Waals surface area contributed by atoms with E-state index in [0.717, 1.165) is 31.7 Å². The van der Waals surface area contributed by atoms with Crippen molar-refractivity contribution in [3.63, 3.8) is 0 Å². The van der Waals surface area contributed by atoms with Crippen LogP contribution in [0.1, 0.15) is 31.4 Å². The molecule has 4 nitrogen and oxygen atoms in total. The Hall–Kier alpha value is -1.53. The largest absolute Gasteiger partial charge is 0.474 e. The molecule has 0 aromatic carbocycles. The van der Waals surface area contributed by atoms with E-state index >= 15 is 0 Å². The Morgan fingerprint density at radius 1 is 1.28 bits per heavy atom. The second-order valence-electron chi connectivity index (χ2n) is 4.19. The molecule has 0 atom stereocenters. The predicted octanol–water partition coefficient (Wildman–Crippen LogP) is 2.86. The molecule has 18 heavy (non-hydrogen) atoms. The quantitative estimate of drug-likeness (QED) is 0.908. The van der Waals surface area contributed by atoms with Gasteiger partial charge in [0.25, 0.3) is 0 Å². The summed E-state index contributed by atoms with van der Waals surface area (Å²) < 4.78 is 43.3. The van der Waals surface area contributed by atoms with Gasteiger partial charge in [-0.25, -0.2) is 4.98 Å². The lowest BCUT2D eigenvalue weighted by atomic mass is 10.3. The van der Waals surface area contributed by atoms with Gasteiger partial charge in [-0.3, -0.25) is 0 Å². The van der Waals surface area contributed by atoms with Crippen LogP contribution in [-0.2, 0) is 6.18 Å². The fourth-order valence-electron chi connectivity index (χ4n) is 1.92. The van der Waals surface area contributed by atoms with Crippen molar-refractivity contribution in [3.8, 4) is 5.88 Å². The van der Waals surface area contributed by atoms with E-state index in [9.17, 15) is 13.2 Å². The lowest BCUT2D eigenvalue weighted by Gasteiger charge is -2.14. The van der Waals surface area contributed by atoms with E-state index in [1.807, 2.05) is 0 Å². The zero-order chi connectivity index (χ0) is 13.2. The summed E-state index contributed by atoms with van der Waals surface area (Å²) in [6.07, 6.45) is -0.727. The zero-order valence-electron chi connectivity index (χ0n) is 9.92. The van der Waals surface area contributed by atoms with Crippen LogP contribution in [0.2, 0.25) is 0 Å². The van der Waals surface area contributed by atoms with E-state index in [2.05, 4.69) is 15.3 Å². The van der Waals surface area contributed by atoms with Crippen molar-refractivity contribution in [3.05, 3.63) is 11.8 Å². The van der Waals surface area contributed by atoms with Gasteiger partial charge in [0.1, 0.15) is 6.10 Å². The predicted molar refractivity (Wildman–Crippen MR) is 59.5 cm³/mol. The highest BCUT2D eigenvalue weighted by atomic mass is 19.4. The first-order valence-corrected chi connectivity index (χ1v) is 5.80. The molecule has 0 bridgehead atoms. The molecule has 0 radical (unpaired) electrons. The smallest absolute Gasteiger partial charge is 0.433 e. The Morgan fingerprint density at radius 2 is 1.94 bits per heavy atom. The molecular weight excluding hydrogens is 247 g/mol. The van der Waals surface area contributed by atoms with Crippen LogP contribution >= 0.6 is 0 Å². The van der Waals surface area contributed by atoms with Crippen molar-refractivity contribution in [2.45, 2.75) is 38.0 Å². The SMILES string of the molecule is CNc1nc(OC2CCCC2)cc(C(F)(F)F)n1. The van der Waals surface area contributed by atoms with E-state index in [0.29, 0.717) is 0 Å². The van der Waals surface area contributed by atoms with Crippen molar-refractivity contribution >= 4 is 5.95 Å². The number of hydrogen-bond acceptors (Lipinski definition) is 4. The lowest BCUT2D eigenvalue weighted by molar-refractivity contribution is -0.141. The minimum Gasteiger partial charge on any atom is -0.474 e. The van der Waals surface area contributed by atoms with Gasteiger partial charge in [0.05, 0.1) is 0 Å². The Labute approximate surface area is 103 Å². The Kier molecular flexibility index (Phi) is 3.58. The average molecular weight is 261 g/mol. The fraction of sp³-hybridized carbons (Fsp3) is 0.636. The van der Waals surface area contributed by atoms with Gasteiger partial charge in [0.2, 0.25) is 11.8 Å². The van der Waals surface area contributed by atoms with Crippen LogP contribution in [0.5, 0.6) is 5.88 Å². The summed E-state index contributed by atoms with van der Waals surface area (Å²) in [6.45, 7) is 0. The highest BCUT2D eigenvalue weighted by Gasteiger charge is 2.34. The molecule has 2 rings (SSSR count). The third-order valence-electron chi connectivity index (χ3n) is 2.81. The van der Waals surface area contributed by atoms with E-state index < -0.39 is 11.9 Å². The number of hydrogen-bond donors (Lipinski definition) is 1. The normalized spacial score (nSPS) is 16.9. The maximum atomic E-state index is 12.6. The van der Waals surface area contributed by atoms with Crippen LogP contribution in [-0.4, -0.2) is 23.1 Å². The summed E-state index contributed by atoms with van der Waals surface area (Å²) in [5.41, 5.74) is -0.991. The van der Waals surface area contributed by atoms with Crippen LogP contribution in [0.15, 0.2) is 6.07 Å². The number of alkyl halides is 3. The van der Waals surface area contributed by atoms with Gasteiger partial charge in [0.15, 0.2) is 5.69 Å². The zero-order valence-corrected chi connectivity index (χ0v) is 9.92. The van der Waals surface area contributed by atoms with Gasteiger partial charge in [-0.15, -0.1) is 0 Å². The maximum absolute atomic E-state index is 12.6. The topological polar surface area (TPSA) is 47.0 Å². The number of rotatable bonds is 3. The van der Waals surface area contributed by atoms with E-state index in [1.54, 1.807) is 0 Å². The fourth-order valence-corrected chi connectivity index (χ4v) is 1.92. The number of ether oxygens (including phenoxy) is 1. The molecule has 1 aromatic rings. The molecule has 0 saturated heterocycles. The second kappa shape index (κ2) is 4.99. The molecule has 0 aliphatic heterocycles. The molecule has 1 fully saturated rings. The van der Waals surface area contributed by atoms with Crippen molar-refractivity contribution in [2.24, 2.45) is 0 Å². The Bertz CT molecular complexity index is 416. The third-order valence-corrected chi connectivity index (χ3v) is 2.81. The van der Waals surface area contributed by atoms with Gasteiger partial charge in [-0.1, -0.05) is 0 Å². The molecule has 1 aliphatic rings.